The second-order valence-corrected chi connectivity index (χ2v) is 8.07. The van der Waals surface area contributed by atoms with Crippen LogP contribution in [-0.4, -0.2) is 15.0 Å². The molecule has 30 heavy (non-hydrogen) atoms. The van der Waals surface area contributed by atoms with Crippen LogP contribution in [0.5, 0.6) is 0 Å². The summed E-state index contributed by atoms with van der Waals surface area (Å²) in [6, 6.07) is 18.3. The van der Waals surface area contributed by atoms with Crippen molar-refractivity contribution in [3.8, 4) is 0 Å². The molecule has 0 spiro atoms. The number of hydrogen-bond donors (Lipinski definition) is 1. The molecule has 0 unspecified atom stereocenters. The number of anilines is 1. The summed E-state index contributed by atoms with van der Waals surface area (Å²) in [5, 5.41) is 5.24. The van der Waals surface area contributed by atoms with Gasteiger partial charge in [-0.25, -0.2) is 4.79 Å². The summed E-state index contributed by atoms with van der Waals surface area (Å²) in [7, 11) is 0. The molecule has 0 fully saturated rings. The van der Waals surface area contributed by atoms with Gasteiger partial charge >= 0.3 is 5.69 Å². The van der Waals surface area contributed by atoms with Crippen molar-refractivity contribution in [2.24, 2.45) is 0 Å². The average Bonchev–Trinajstić information content (AvgIpc) is 3.26. The molecule has 0 aliphatic heterocycles. The molecule has 0 atom stereocenters. The lowest BCUT2D eigenvalue weighted by atomic mass is 10.2. The third kappa shape index (κ3) is 3.97. The van der Waals surface area contributed by atoms with E-state index in [9.17, 15) is 14.4 Å². The van der Waals surface area contributed by atoms with E-state index in [1.807, 2.05) is 48.7 Å². The Morgan fingerprint density at radius 1 is 0.967 bits per heavy atom. The minimum Gasteiger partial charge on any atom is -0.324 e. The maximum Gasteiger partial charge on any atom is 0.331 e. The molecule has 1 amide bonds. The number of benzene rings is 2. The van der Waals surface area contributed by atoms with Crippen LogP contribution in [0.25, 0.3) is 10.9 Å². The number of aromatic nitrogens is 2. The molecule has 0 aliphatic rings. The molecule has 0 radical (unpaired) electrons. The van der Waals surface area contributed by atoms with Gasteiger partial charge in [-0.3, -0.25) is 18.7 Å². The van der Waals surface area contributed by atoms with Gasteiger partial charge in [-0.2, -0.15) is 0 Å². The molecule has 2 aromatic heterocycles. The Labute approximate surface area is 177 Å². The Morgan fingerprint density at radius 3 is 2.50 bits per heavy atom. The number of fused-ring (bicyclic) bond motifs is 1. The highest BCUT2D eigenvalue weighted by Crippen LogP contribution is 2.14. The van der Waals surface area contributed by atoms with E-state index in [0.717, 1.165) is 10.4 Å². The van der Waals surface area contributed by atoms with E-state index in [4.69, 9.17) is 0 Å². The van der Waals surface area contributed by atoms with Crippen LogP contribution in [0.3, 0.4) is 0 Å². The Kier molecular flexibility index (Phi) is 5.63. The van der Waals surface area contributed by atoms with Crippen molar-refractivity contribution in [1.82, 2.24) is 9.13 Å². The first-order chi connectivity index (χ1) is 14.5. The second kappa shape index (κ2) is 8.51. The minimum atomic E-state index is -0.477. The zero-order valence-corrected chi connectivity index (χ0v) is 17.3. The smallest absolute Gasteiger partial charge is 0.324 e. The Hall–Kier alpha value is -3.45. The fraction of sp³-hybridized carbons (Fsp3) is 0.174. The maximum atomic E-state index is 13.2. The molecule has 0 saturated heterocycles. The van der Waals surface area contributed by atoms with E-state index >= 15 is 0 Å². The topological polar surface area (TPSA) is 73.1 Å². The highest BCUT2D eigenvalue weighted by Gasteiger charge is 2.15. The van der Waals surface area contributed by atoms with Gasteiger partial charge in [0.1, 0.15) is 6.54 Å². The number of carbonyl (C=O) groups is 1. The van der Waals surface area contributed by atoms with Gasteiger partial charge in [0, 0.05) is 17.1 Å². The normalized spacial score (nSPS) is 11.0. The predicted octanol–water partition coefficient (Wildman–Crippen LogP) is 3.41. The molecule has 7 heteroatoms. The van der Waals surface area contributed by atoms with Crippen LogP contribution in [0.15, 0.2) is 75.6 Å². The molecule has 0 bridgehead atoms. The number of nitrogens with zero attached hydrogens (tertiary/aromatic N) is 2. The second-order valence-electron chi connectivity index (χ2n) is 7.04. The van der Waals surface area contributed by atoms with Crippen molar-refractivity contribution < 1.29 is 4.79 Å². The van der Waals surface area contributed by atoms with Gasteiger partial charge in [-0.1, -0.05) is 36.4 Å². The third-order valence-electron chi connectivity index (χ3n) is 5.02. The molecular weight excluding hydrogens is 398 g/mol. The van der Waals surface area contributed by atoms with Gasteiger partial charge in [0.25, 0.3) is 5.56 Å². The molecule has 6 nitrogen and oxygen atoms in total. The number of hydrogen-bond acceptors (Lipinski definition) is 4. The Balaban J connectivity index is 1.71. The Bertz CT molecular complexity index is 1320. The number of carbonyl (C=O) groups excluding carboxylic acids is 1. The summed E-state index contributed by atoms with van der Waals surface area (Å²) in [6.45, 7) is 2.00. The third-order valence-corrected chi connectivity index (χ3v) is 5.95. The molecule has 2 aromatic carbocycles. The van der Waals surface area contributed by atoms with Crippen molar-refractivity contribution in [2.45, 2.75) is 26.4 Å². The van der Waals surface area contributed by atoms with Crippen LogP contribution in [0.4, 0.5) is 5.69 Å². The van der Waals surface area contributed by atoms with Gasteiger partial charge in [0.05, 0.1) is 10.9 Å². The van der Waals surface area contributed by atoms with Crippen molar-refractivity contribution in [3.63, 3.8) is 0 Å². The minimum absolute atomic E-state index is 0.174. The summed E-state index contributed by atoms with van der Waals surface area (Å²) in [4.78, 5) is 39.9. The number of thiophene rings is 1. The van der Waals surface area contributed by atoms with Gasteiger partial charge in [0.2, 0.25) is 5.91 Å². The van der Waals surface area contributed by atoms with Gasteiger partial charge < -0.3 is 5.32 Å². The average molecular weight is 420 g/mol. The lowest BCUT2D eigenvalue weighted by Gasteiger charge is -2.14. The number of nitrogens with one attached hydrogen (secondary N) is 1. The number of amides is 1. The number of rotatable bonds is 6. The van der Waals surface area contributed by atoms with Crippen molar-refractivity contribution in [3.05, 3.63) is 97.3 Å². The summed E-state index contributed by atoms with van der Waals surface area (Å²) in [5.74, 6) is -0.319. The first-order valence-corrected chi connectivity index (χ1v) is 10.5. The lowest BCUT2D eigenvalue weighted by Crippen LogP contribution is -2.42. The zero-order valence-electron chi connectivity index (χ0n) is 16.5. The molecule has 4 rings (SSSR count). The quantitative estimate of drug-likeness (QED) is 0.521. The predicted molar refractivity (Wildman–Crippen MR) is 120 cm³/mol. The van der Waals surface area contributed by atoms with Gasteiger partial charge in [0.15, 0.2) is 0 Å². The van der Waals surface area contributed by atoms with Crippen LogP contribution in [0.2, 0.25) is 0 Å². The maximum absolute atomic E-state index is 13.2. The monoisotopic (exact) mass is 419 g/mol. The number of para-hydroxylation sites is 2. The van der Waals surface area contributed by atoms with E-state index < -0.39 is 5.69 Å². The number of aryl methyl sites for hydroxylation is 2. The standard InChI is InChI=1S/C23H21N3O3S/c1-16-7-2-4-10-19(16)24-21(27)15-26-20-11-5-3-9-18(20)22(28)25(23(26)29)13-12-17-8-6-14-30-17/h2-11,14H,12-13,15H2,1H3,(H,24,27). The fourth-order valence-corrected chi connectivity index (χ4v) is 4.14. The summed E-state index contributed by atoms with van der Waals surface area (Å²) >= 11 is 1.59. The molecule has 0 saturated carbocycles. The molecule has 152 valence electrons. The summed E-state index contributed by atoms with van der Waals surface area (Å²) in [6.07, 6.45) is 0.584. The van der Waals surface area contributed by atoms with E-state index in [0.29, 0.717) is 23.0 Å². The van der Waals surface area contributed by atoms with Crippen LogP contribution in [0, 0.1) is 6.92 Å². The van der Waals surface area contributed by atoms with E-state index in [2.05, 4.69) is 5.32 Å². The molecule has 2 heterocycles. The van der Waals surface area contributed by atoms with E-state index in [1.54, 1.807) is 35.6 Å². The van der Waals surface area contributed by atoms with Crippen LogP contribution < -0.4 is 16.6 Å². The van der Waals surface area contributed by atoms with E-state index in [1.165, 1.54) is 9.13 Å². The Morgan fingerprint density at radius 2 is 1.73 bits per heavy atom. The van der Waals surface area contributed by atoms with Crippen molar-refractivity contribution in [2.75, 3.05) is 5.32 Å². The first-order valence-electron chi connectivity index (χ1n) is 9.65. The van der Waals surface area contributed by atoms with Gasteiger partial charge in [-0.15, -0.1) is 11.3 Å². The highest BCUT2D eigenvalue weighted by atomic mass is 32.1. The molecule has 4 aromatic rings. The lowest BCUT2D eigenvalue weighted by molar-refractivity contribution is -0.116. The van der Waals surface area contributed by atoms with Crippen molar-refractivity contribution in [1.29, 1.82) is 0 Å². The van der Waals surface area contributed by atoms with Gasteiger partial charge in [-0.05, 0) is 48.6 Å². The van der Waals surface area contributed by atoms with Crippen LogP contribution >= 0.6 is 11.3 Å². The molecular formula is C23H21N3O3S. The highest BCUT2D eigenvalue weighted by molar-refractivity contribution is 7.09. The largest absolute Gasteiger partial charge is 0.331 e. The molecule has 0 aliphatic carbocycles. The summed E-state index contributed by atoms with van der Waals surface area (Å²) < 4.78 is 2.60. The van der Waals surface area contributed by atoms with Crippen LogP contribution in [-0.2, 0) is 24.3 Å². The van der Waals surface area contributed by atoms with Crippen molar-refractivity contribution >= 4 is 33.8 Å². The van der Waals surface area contributed by atoms with E-state index in [-0.39, 0.29) is 24.6 Å². The SMILES string of the molecule is Cc1ccccc1NC(=O)Cn1c(=O)n(CCc2cccs2)c(=O)c2ccccc21. The summed E-state index contributed by atoms with van der Waals surface area (Å²) in [5.41, 5.74) is 1.28. The molecule has 1 N–H and O–H groups in total. The zero-order chi connectivity index (χ0) is 21.1. The first kappa shape index (κ1) is 19.8. The fourth-order valence-electron chi connectivity index (χ4n) is 3.44. The van der Waals surface area contributed by atoms with Crippen LogP contribution in [0.1, 0.15) is 10.4 Å².